The Morgan fingerprint density at radius 3 is 2.73 bits per heavy atom. The summed E-state index contributed by atoms with van der Waals surface area (Å²) in [6.07, 6.45) is 1.56. The molecule has 12 heteroatoms. The summed E-state index contributed by atoms with van der Waals surface area (Å²) in [4.78, 5) is 14.9. The molecule has 0 atom stereocenters. The van der Waals surface area contributed by atoms with E-state index in [0.29, 0.717) is 38.5 Å². The first-order valence-corrected chi connectivity index (χ1v) is 9.35. The van der Waals surface area contributed by atoms with Crippen molar-refractivity contribution < 1.29 is 14.2 Å². The van der Waals surface area contributed by atoms with Crippen LogP contribution in [-0.2, 0) is 11.3 Å². The molecule has 30 heavy (non-hydrogen) atoms. The van der Waals surface area contributed by atoms with E-state index in [1.54, 1.807) is 6.21 Å². The third kappa shape index (κ3) is 4.34. The normalized spacial score (nSPS) is 15.0. The molecule has 1 amide bonds. The molecule has 1 aliphatic heterocycles. The Hall–Kier alpha value is -3.64. The van der Waals surface area contributed by atoms with Crippen molar-refractivity contribution in [1.82, 2.24) is 35.6 Å². The van der Waals surface area contributed by atoms with Crippen LogP contribution in [0.1, 0.15) is 27.3 Å². The van der Waals surface area contributed by atoms with Crippen LogP contribution in [0.15, 0.2) is 34.0 Å². The van der Waals surface area contributed by atoms with Crippen LogP contribution in [0, 0.1) is 6.92 Å². The van der Waals surface area contributed by atoms with Gasteiger partial charge in [-0.2, -0.15) is 9.78 Å². The molecular formula is C18H21N9O3. The Morgan fingerprint density at radius 1 is 1.27 bits per heavy atom. The maximum Gasteiger partial charge on any atom is 0.293 e. The molecule has 0 unspecified atom stereocenters. The molecule has 0 radical (unpaired) electrons. The fourth-order valence-electron chi connectivity index (χ4n) is 2.97. The van der Waals surface area contributed by atoms with E-state index in [2.05, 4.69) is 40.7 Å². The van der Waals surface area contributed by atoms with Gasteiger partial charge in [0.1, 0.15) is 0 Å². The third-order valence-electron chi connectivity index (χ3n) is 4.61. The number of nitrogens with one attached hydrogen (secondary N) is 1. The van der Waals surface area contributed by atoms with E-state index in [1.807, 2.05) is 31.2 Å². The topological polar surface area (TPSA) is 150 Å². The standard InChI is InChI=1S/C18H21N9O3/c1-12-2-4-13(5-3-12)10-20-22-18(28)15-14(11-26-6-8-29-9-7-26)27(25-21-15)17-16(19)23-30-24-17/h2-5,10H,6-9,11H2,1H3,(H2,19,23)(H,22,28)/b20-10+. The summed E-state index contributed by atoms with van der Waals surface area (Å²) in [6, 6.07) is 7.74. The van der Waals surface area contributed by atoms with Gasteiger partial charge in [-0.3, -0.25) is 9.69 Å². The number of hydrazone groups is 1. The highest BCUT2D eigenvalue weighted by molar-refractivity contribution is 5.94. The second kappa shape index (κ2) is 8.80. The highest BCUT2D eigenvalue weighted by atomic mass is 16.6. The first-order valence-electron chi connectivity index (χ1n) is 9.35. The number of ether oxygens (including phenoxy) is 1. The van der Waals surface area contributed by atoms with Gasteiger partial charge in [0.2, 0.25) is 11.6 Å². The van der Waals surface area contributed by atoms with Crippen LogP contribution < -0.4 is 11.2 Å². The van der Waals surface area contributed by atoms with Crippen molar-refractivity contribution in [3.63, 3.8) is 0 Å². The predicted molar refractivity (Wildman–Crippen MR) is 106 cm³/mol. The van der Waals surface area contributed by atoms with Crippen molar-refractivity contribution in [2.24, 2.45) is 5.10 Å². The molecule has 3 N–H and O–H groups in total. The molecule has 4 rings (SSSR count). The molecule has 1 aromatic carbocycles. The molecule has 0 bridgehead atoms. The van der Waals surface area contributed by atoms with Gasteiger partial charge in [0.15, 0.2) is 5.69 Å². The van der Waals surface area contributed by atoms with E-state index < -0.39 is 5.91 Å². The van der Waals surface area contributed by atoms with Gasteiger partial charge in [0, 0.05) is 19.6 Å². The number of anilines is 1. The zero-order valence-electron chi connectivity index (χ0n) is 16.4. The smallest absolute Gasteiger partial charge is 0.293 e. The fourth-order valence-corrected chi connectivity index (χ4v) is 2.97. The van der Waals surface area contributed by atoms with Gasteiger partial charge in [-0.05, 0) is 22.8 Å². The highest BCUT2D eigenvalue weighted by Gasteiger charge is 2.26. The molecule has 156 valence electrons. The Morgan fingerprint density at radius 2 is 2.03 bits per heavy atom. The minimum atomic E-state index is -0.497. The number of rotatable bonds is 6. The van der Waals surface area contributed by atoms with Gasteiger partial charge in [-0.1, -0.05) is 35.0 Å². The lowest BCUT2D eigenvalue weighted by atomic mass is 10.2. The van der Waals surface area contributed by atoms with Crippen LogP contribution in [0.2, 0.25) is 0 Å². The van der Waals surface area contributed by atoms with E-state index in [9.17, 15) is 4.79 Å². The Bertz CT molecular complexity index is 1040. The second-order valence-corrected chi connectivity index (χ2v) is 6.77. The van der Waals surface area contributed by atoms with Crippen LogP contribution in [0.3, 0.4) is 0 Å². The lowest BCUT2D eigenvalue weighted by molar-refractivity contribution is 0.0332. The minimum Gasteiger partial charge on any atom is -0.379 e. The first-order chi connectivity index (χ1) is 14.6. The molecule has 0 spiro atoms. The van der Waals surface area contributed by atoms with Crippen LogP contribution in [0.5, 0.6) is 0 Å². The van der Waals surface area contributed by atoms with Crippen molar-refractivity contribution in [2.45, 2.75) is 13.5 Å². The maximum absolute atomic E-state index is 12.7. The number of hydrogen-bond acceptors (Lipinski definition) is 10. The van der Waals surface area contributed by atoms with Crippen molar-refractivity contribution >= 4 is 17.9 Å². The molecule has 2 aromatic heterocycles. The third-order valence-corrected chi connectivity index (χ3v) is 4.61. The van der Waals surface area contributed by atoms with E-state index in [-0.39, 0.29) is 17.3 Å². The maximum atomic E-state index is 12.7. The number of amides is 1. The van der Waals surface area contributed by atoms with Crippen LogP contribution >= 0.6 is 0 Å². The fraction of sp³-hybridized carbons (Fsp3) is 0.333. The molecule has 12 nitrogen and oxygen atoms in total. The van der Waals surface area contributed by atoms with Crippen molar-refractivity contribution in [2.75, 3.05) is 32.0 Å². The Labute approximate surface area is 171 Å². The molecule has 3 aromatic rings. The quantitative estimate of drug-likeness (QED) is 0.426. The van der Waals surface area contributed by atoms with Crippen LogP contribution in [-0.4, -0.2) is 68.6 Å². The summed E-state index contributed by atoms with van der Waals surface area (Å²) in [6.45, 7) is 5.04. The minimum absolute atomic E-state index is 0.0486. The second-order valence-electron chi connectivity index (χ2n) is 6.77. The van der Waals surface area contributed by atoms with E-state index >= 15 is 0 Å². The number of hydrogen-bond donors (Lipinski definition) is 2. The molecule has 3 heterocycles. The van der Waals surface area contributed by atoms with Gasteiger partial charge in [0.05, 0.1) is 25.1 Å². The molecule has 0 aliphatic carbocycles. The molecule has 1 aliphatic rings. The molecule has 1 fully saturated rings. The number of aryl methyl sites for hydroxylation is 1. The predicted octanol–water partition coefficient (Wildman–Crippen LogP) is 0.137. The van der Waals surface area contributed by atoms with Gasteiger partial charge in [-0.15, -0.1) is 5.10 Å². The average Bonchev–Trinajstić information content (AvgIpc) is 3.36. The number of nitrogens with two attached hydrogens (primary N) is 1. The summed E-state index contributed by atoms with van der Waals surface area (Å²) < 4.78 is 11.4. The highest BCUT2D eigenvalue weighted by Crippen LogP contribution is 2.18. The zero-order valence-corrected chi connectivity index (χ0v) is 16.4. The SMILES string of the molecule is Cc1ccc(/C=N/NC(=O)c2nnn(-c3nonc3N)c2CN2CCOCC2)cc1. The summed E-state index contributed by atoms with van der Waals surface area (Å²) in [5.74, 6) is -0.275. The van der Waals surface area contributed by atoms with Crippen LogP contribution in [0.25, 0.3) is 5.82 Å². The monoisotopic (exact) mass is 411 g/mol. The number of benzene rings is 1. The van der Waals surface area contributed by atoms with Gasteiger partial charge in [0.25, 0.3) is 5.91 Å². The van der Waals surface area contributed by atoms with Gasteiger partial charge >= 0.3 is 0 Å². The summed E-state index contributed by atoms with van der Waals surface area (Å²) in [5, 5.41) is 19.4. The van der Waals surface area contributed by atoms with E-state index in [0.717, 1.165) is 11.1 Å². The molecular weight excluding hydrogens is 390 g/mol. The molecule has 1 saturated heterocycles. The van der Waals surface area contributed by atoms with Crippen molar-refractivity contribution in [3.8, 4) is 5.82 Å². The van der Waals surface area contributed by atoms with Crippen LogP contribution in [0.4, 0.5) is 5.82 Å². The summed E-state index contributed by atoms with van der Waals surface area (Å²) in [5.41, 5.74) is 10.9. The number of carbonyl (C=O) groups excluding carboxylic acids is 1. The lowest BCUT2D eigenvalue weighted by Gasteiger charge is -2.26. The van der Waals surface area contributed by atoms with Crippen molar-refractivity contribution in [1.29, 1.82) is 0 Å². The number of aromatic nitrogens is 5. The zero-order chi connectivity index (χ0) is 20.9. The number of nitrogens with zero attached hydrogens (tertiary/aromatic N) is 7. The lowest BCUT2D eigenvalue weighted by Crippen LogP contribution is -2.37. The summed E-state index contributed by atoms with van der Waals surface area (Å²) in [7, 11) is 0. The Kier molecular flexibility index (Phi) is 5.77. The average molecular weight is 411 g/mol. The van der Waals surface area contributed by atoms with E-state index in [1.165, 1.54) is 4.68 Å². The number of morpholine rings is 1. The first kappa shape index (κ1) is 19.7. The van der Waals surface area contributed by atoms with E-state index in [4.69, 9.17) is 10.5 Å². The summed E-state index contributed by atoms with van der Waals surface area (Å²) >= 11 is 0. The number of nitrogen functional groups attached to an aromatic ring is 1. The Balaban J connectivity index is 1.56. The largest absolute Gasteiger partial charge is 0.379 e. The number of carbonyl (C=O) groups is 1. The van der Waals surface area contributed by atoms with Gasteiger partial charge < -0.3 is 10.5 Å². The molecule has 0 saturated carbocycles. The van der Waals surface area contributed by atoms with Gasteiger partial charge in [-0.25, -0.2) is 10.1 Å². The van der Waals surface area contributed by atoms with Crippen molar-refractivity contribution in [3.05, 3.63) is 46.8 Å².